The Morgan fingerprint density at radius 1 is 1.21 bits per heavy atom. The lowest BCUT2D eigenvalue weighted by molar-refractivity contribution is -0.135. The van der Waals surface area contributed by atoms with Gasteiger partial charge in [0, 0.05) is 5.92 Å². The van der Waals surface area contributed by atoms with E-state index in [1.54, 1.807) is 6.08 Å². The van der Waals surface area contributed by atoms with Gasteiger partial charge in [-0.2, -0.15) is 10.5 Å². The summed E-state index contributed by atoms with van der Waals surface area (Å²) in [6.45, 7) is 3.93. The summed E-state index contributed by atoms with van der Waals surface area (Å²) >= 11 is 0. The molecule has 0 aliphatic heterocycles. The molecular weight excluding hydrogens is 300 g/mol. The smallest absolute Gasteiger partial charge is 0.172 e. The Bertz CT molecular complexity index is 775. The van der Waals surface area contributed by atoms with Crippen LogP contribution >= 0.6 is 0 Å². The van der Waals surface area contributed by atoms with Crippen LogP contribution in [-0.4, -0.2) is 11.6 Å². The van der Waals surface area contributed by atoms with Crippen LogP contribution < -0.4 is 0 Å². The van der Waals surface area contributed by atoms with E-state index >= 15 is 0 Å². The van der Waals surface area contributed by atoms with E-state index in [2.05, 4.69) is 18.1 Å². The van der Waals surface area contributed by atoms with E-state index in [4.69, 9.17) is 6.42 Å². The fraction of sp³-hybridized carbons (Fsp3) is 0.600. The standard InChI is InChI=1S/C20H20N2O2/c1-4-20-6-5-15-12(2)18(24)14(11-22)8-19(15,3)17(20)7-16(23)13(9-20)10-21/h1,7,12-15H,5-6,8-9H2,2-3H3/t12?,13?,14?,15-,19?,20?/m0/s1. The summed E-state index contributed by atoms with van der Waals surface area (Å²) in [6, 6.07) is 4.20. The molecule has 5 unspecified atom stereocenters. The number of ketones is 2. The van der Waals surface area contributed by atoms with Crippen LogP contribution in [0.2, 0.25) is 0 Å². The zero-order valence-corrected chi connectivity index (χ0v) is 14.0. The second kappa shape index (κ2) is 5.32. The topological polar surface area (TPSA) is 81.7 Å². The minimum atomic E-state index is -0.695. The molecule has 3 aliphatic carbocycles. The molecule has 2 saturated carbocycles. The third kappa shape index (κ3) is 1.98. The molecule has 4 nitrogen and oxygen atoms in total. The molecule has 0 radical (unpaired) electrons. The van der Waals surface area contributed by atoms with Gasteiger partial charge < -0.3 is 0 Å². The predicted molar refractivity (Wildman–Crippen MR) is 86.8 cm³/mol. The number of fused-ring (bicyclic) bond motifs is 3. The van der Waals surface area contributed by atoms with Crippen LogP contribution in [0.1, 0.15) is 39.5 Å². The largest absolute Gasteiger partial charge is 0.298 e. The van der Waals surface area contributed by atoms with Gasteiger partial charge in [-0.1, -0.05) is 19.8 Å². The Hall–Kier alpha value is -2.38. The maximum atomic E-state index is 12.4. The lowest BCUT2D eigenvalue weighted by Crippen LogP contribution is -2.54. The van der Waals surface area contributed by atoms with Gasteiger partial charge in [-0.3, -0.25) is 9.59 Å². The van der Waals surface area contributed by atoms with Gasteiger partial charge in [-0.15, -0.1) is 6.42 Å². The van der Waals surface area contributed by atoms with Crippen molar-refractivity contribution in [3.05, 3.63) is 11.6 Å². The maximum Gasteiger partial charge on any atom is 0.172 e. The molecule has 0 aromatic rings. The number of terminal acetylenes is 1. The zero-order chi connectivity index (χ0) is 17.7. The van der Waals surface area contributed by atoms with Crippen LogP contribution in [0.4, 0.5) is 0 Å². The van der Waals surface area contributed by atoms with Crippen LogP contribution in [0.5, 0.6) is 0 Å². The molecule has 2 fully saturated rings. The van der Waals surface area contributed by atoms with Crippen LogP contribution in [-0.2, 0) is 9.59 Å². The minimum absolute atomic E-state index is 0.00539. The highest BCUT2D eigenvalue weighted by Crippen LogP contribution is 2.63. The molecule has 3 rings (SSSR count). The Balaban J connectivity index is 2.16. The molecule has 0 amide bonds. The van der Waals surface area contributed by atoms with Crippen molar-refractivity contribution in [1.29, 1.82) is 10.5 Å². The molecule has 0 saturated heterocycles. The number of nitrogens with zero attached hydrogens (tertiary/aromatic N) is 2. The Morgan fingerprint density at radius 2 is 1.88 bits per heavy atom. The van der Waals surface area contributed by atoms with Gasteiger partial charge in [0.25, 0.3) is 0 Å². The number of carbonyl (C=O) groups excluding carboxylic acids is 2. The first-order valence-electron chi connectivity index (χ1n) is 8.40. The Morgan fingerprint density at radius 3 is 2.46 bits per heavy atom. The van der Waals surface area contributed by atoms with Crippen molar-refractivity contribution in [2.75, 3.05) is 0 Å². The molecule has 0 aromatic carbocycles. The van der Waals surface area contributed by atoms with Crippen molar-refractivity contribution in [2.24, 2.45) is 34.5 Å². The Kier molecular flexibility index (Phi) is 3.65. The third-order valence-electron chi connectivity index (χ3n) is 6.63. The van der Waals surface area contributed by atoms with E-state index in [1.165, 1.54) is 0 Å². The first kappa shape index (κ1) is 16.5. The summed E-state index contributed by atoms with van der Waals surface area (Å²) in [5, 5.41) is 18.7. The number of allylic oxidation sites excluding steroid dienone is 2. The lowest BCUT2D eigenvalue weighted by atomic mass is 9.45. The highest BCUT2D eigenvalue weighted by molar-refractivity contribution is 5.96. The van der Waals surface area contributed by atoms with Crippen molar-refractivity contribution in [3.8, 4) is 24.5 Å². The molecule has 0 aromatic heterocycles. The highest BCUT2D eigenvalue weighted by Gasteiger charge is 2.59. The van der Waals surface area contributed by atoms with Gasteiger partial charge in [-0.05, 0) is 48.7 Å². The second-order valence-corrected chi connectivity index (χ2v) is 7.71. The lowest BCUT2D eigenvalue weighted by Gasteiger charge is -2.57. The molecule has 0 heterocycles. The number of rotatable bonds is 0. The molecule has 0 spiro atoms. The van der Waals surface area contributed by atoms with Gasteiger partial charge in [0.2, 0.25) is 0 Å². The summed E-state index contributed by atoms with van der Waals surface area (Å²) in [7, 11) is 0. The fourth-order valence-corrected chi connectivity index (χ4v) is 5.34. The number of nitriles is 2. The van der Waals surface area contributed by atoms with Gasteiger partial charge in [-0.25, -0.2) is 0 Å². The molecule has 3 aliphatic rings. The zero-order valence-electron chi connectivity index (χ0n) is 14.0. The first-order chi connectivity index (χ1) is 11.3. The van der Waals surface area contributed by atoms with Gasteiger partial charge >= 0.3 is 0 Å². The van der Waals surface area contributed by atoms with Crippen molar-refractivity contribution < 1.29 is 9.59 Å². The van der Waals surface area contributed by atoms with Crippen LogP contribution in [0.3, 0.4) is 0 Å². The van der Waals surface area contributed by atoms with Crippen LogP contribution in [0.15, 0.2) is 11.6 Å². The van der Waals surface area contributed by atoms with E-state index < -0.39 is 22.7 Å². The van der Waals surface area contributed by atoms with Crippen molar-refractivity contribution in [2.45, 2.75) is 39.5 Å². The minimum Gasteiger partial charge on any atom is -0.298 e. The molecule has 122 valence electrons. The SMILES string of the molecule is C#CC12CC[C@H]3C(C)C(=O)C(C#N)CC3(C)C1=CC(=O)C(C#N)C2. The summed E-state index contributed by atoms with van der Waals surface area (Å²) in [4.78, 5) is 24.8. The van der Waals surface area contributed by atoms with E-state index in [1.807, 2.05) is 13.8 Å². The van der Waals surface area contributed by atoms with E-state index in [0.29, 0.717) is 19.3 Å². The summed E-state index contributed by atoms with van der Waals surface area (Å²) < 4.78 is 0. The highest BCUT2D eigenvalue weighted by atomic mass is 16.1. The Labute approximate surface area is 142 Å². The summed E-state index contributed by atoms with van der Waals surface area (Å²) in [5.74, 6) is 1.22. The second-order valence-electron chi connectivity index (χ2n) is 7.71. The van der Waals surface area contributed by atoms with Crippen molar-refractivity contribution in [3.63, 3.8) is 0 Å². The van der Waals surface area contributed by atoms with Gasteiger partial charge in [0.1, 0.15) is 11.8 Å². The van der Waals surface area contributed by atoms with Gasteiger partial charge in [0.05, 0.1) is 17.6 Å². The monoisotopic (exact) mass is 320 g/mol. The molecule has 24 heavy (non-hydrogen) atoms. The van der Waals surface area contributed by atoms with E-state index in [-0.39, 0.29) is 23.4 Å². The average molecular weight is 320 g/mol. The van der Waals surface area contributed by atoms with Gasteiger partial charge in [0.15, 0.2) is 11.6 Å². The average Bonchev–Trinajstić information content (AvgIpc) is 2.58. The number of hydrogen-bond donors (Lipinski definition) is 0. The number of hydrogen-bond acceptors (Lipinski definition) is 4. The predicted octanol–water partition coefficient (Wildman–Crippen LogP) is 2.81. The number of carbonyl (C=O) groups is 2. The summed E-state index contributed by atoms with van der Waals surface area (Å²) in [6.07, 6.45) is 9.69. The first-order valence-corrected chi connectivity index (χ1v) is 8.40. The van der Waals surface area contributed by atoms with E-state index in [0.717, 1.165) is 12.0 Å². The number of Topliss-reactive ketones (excluding diaryl/α,β-unsaturated/α-hetero) is 1. The molecule has 4 heteroatoms. The third-order valence-corrected chi connectivity index (χ3v) is 6.63. The fourth-order valence-electron chi connectivity index (χ4n) is 5.34. The van der Waals surface area contributed by atoms with Crippen molar-refractivity contribution >= 4 is 11.6 Å². The van der Waals surface area contributed by atoms with E-state index in [9.17, 15) is 20.1 Å². The van der Waals surface area contributed by atoms with Crippen LogP contribution in [0, 0.1) is 69.5 Å². The molecule has 0 N–H and O–H groups in total. The maximum absolute atomic E-state index is 12.4. The normalized spacial score (nSPS) is 44.2. The molecular formula is C20H20N2O2. The van der Waals surface area contributed by atoms with Crippen LogP contribution in [0.25, 0.3) is 0 Å². The quantitative estimate of drug-likeness (QED) is 0.643. The van der Waals surface area contributed by atoms with Crippen molar-refractivity contribution in [1.82, 2.24) is 0 Å². The summed E-state index contributed by atoms with van der Waals surface area (Å²) in [5.41, 5.74) is -0.154. The molecule has 6 atom stereocenters. The molecule has 0 bridgehead atoms.